The van der Waals surface area contributed by atoms with Crippen molar-refractivity contribution in [3.05, 3.63) is 23.8 Å². The Morgan fingerprint density at radius 3 is 2.70 bits per heavy atom. The van der Waals surface area contributed by atoms with Gasteiger partial charge in [0.15, 0.2) is 0 Å². The molecule has 0 amide bonds. The van der Waals surface area contributed by atoms with Gasteiger partial charge in [0.1, 0.15) is 0 Å². The maximum atomic E-state index is 3.54. The van der Waals surface area contributed by atoms with Gasteiger partial charge in [0.05, 0.1) is 0 Å². The predicted octanol–water partition coefficient (Wildman–Crippen LogP) is 2.82. The molecule has 1 saturated heterocycles. The number of anilines is 2. The van der Waals surface area contributed by atoms with Gasteiger partial charge in [-0.15, -0.1) is 0 Å². The van der Waals surface area contributed by atoms with Crippen LogP contribution in [-0.2, 0) is 6.42 Å². The molecule has 0 atom stereocenters. The Balaban J connectivity index is 1.63. The van der Waals surface area contributed by atoms with Crippen molar-refractivity contribution in [3.8, 4) is 0 Å². The number of fused-ring (bicyclic) bond motifs is 1. The highest BCUT2D eigenvalue weighted by atomic mass is 15.3. The highest BCUT2D eigenvalue weighted by Crippen LogP contribution is 2.28. The van der Waals surface area contributed by atoms with Crippen LogP contribution in [0.2, 0.25) is 0 Å². The molecule has 0 unspecified atom stereocenters. The summed E-state index contributed by atoms with van der Waals surface area (Å²) in [5.41, 5.74) is 4.24. The molecule has 0 radical (unpaired) electrons. The average Bonchev–Trinajstić information content (AvgIpc) is 2.47. The van der Waals surface area contributed by atoms with Gasteiger partial charge in [0, 0.05) is 50.6 Å². The van der Waals surface area contributed by atoms with E-state index in [0.717, 1.165) is 25.6 Å². The van der Waals surface area contributed by atoms with Crippen LogP contribution in [0.4, 0.5) is 11.4 Å². The van der Waals surface area contributed by atoms with E-state index in [4.69, 9.17) is 0 Å². The molecule has 20 heavy (non-hydrogen) atoms. The Morgan fingerprint density at radius 1 is 1.15 bits per heavy atom. The van der Waals surface area contributed by atoms with Crippen LogP contribution in [0.25, 0.3) is 0 Å². The maximum Gasteiger partial charge on any atom is 0.0393 e. The molecule has 3 rings (SSSR count). The van der Waals surface area contributed by atoms with Gasteiger partial charge in [-0.3, -0.25) is 4.90 Å². The fourth-order valence-electron chi connectivity index (χ4n) is 3.35. The van der Waals surface area contributed by atoms with Crippen LogP contribution in [0.3, 0.4) is 0 Å². The monoisotopic (exact) mass is 273 g/mol. The molecule has 1 aromatic carbocycles. The molecular formula is C17H27N3. The fraction of sp³-hybridized carbons (Fsp3) is 0.647. The fourth-order valence-corrected chi connectivity index (χ4v) is 3.35. The molecular weight excluding hydrogens is 246 g/mol. The van der Waals surface area contributed by atoms with E-state index in [1.807, 2.05) is 0 Å². The van der Waals surface area contributed by atoms with Crippen LogP contribution in [-0.4, -0.2) is 44.2 Å². The topological polar surface area (TPSA) is 18.5 Å². The number of hydrogen-bond donors (Lipinski definition) is 1. The van der Waals surface area contributed by atoms with Gasteiger partial charge in [-0.2, -0.15) is 0 Å². The summed E-state index contributed by atoms with van der Waals surface area (Å²) in [6.07, 6.45) is 2.49. The van der Waals surface area contributed by atoms with Crippen LogP contribution in [0.1, 0.15) is 25.8 Å². The average molecular weight is 273 g/mol. The summed E-state index contributed by atoms with van der Waals surface area (Å²) in [6.45, 7) is 11.7. The Morgan fingerprint density at radius 2 is 1.95 bits per heavy atom. The van der Waals surface area contributed by atoms with E-state index in [2.05, 4.69) is 47.2 Å². The molecule has 1 fully saturated rings. The lowest BCUT2D eigenvalue weighted by atomic mass is 10.0. The summed E-state index contributed by atoms with van der Waals surface area (Å²) in [7, 11) is 0. The molecule has 0 spiro atoms. The zero-order chi connectivity index (χ0) is 13.9. The van der Waals surface area contributed by atoms with E-state index in [1.54, 1.807) is 0 Å². The number of rotatable bonds is 3. The molecule has 3 heteroatoms. The SMILES string of the molecule is CC(C)CN1CCN(c2ccc3c(c2)NCCC3)CC1. The Kier molecular flexibility index (Phi) is 4.16. The van der Waals surface area contributed by atoms with Crippen molar-refractivity contribution in [2.24, 2.45) is 5.92 Å². The lowest BCUT2D eigenvalue weighted by Gasteiger charge is -2.37. The van der Waals surface area contributed by atoms with Crippen molar-refractivity contribution >= 4 is 11.4 Å². The van der Waals surface area contributed by atoms with Crippen molar-refractivity contribution in [1.82, 2.24) is 4.90 Å². The third-order valence-electron chi connectivity index (χ3n) is 4.39. The van der Waals surface area contributed by atoms with E-state index in [-0.39, 0.29) is 0 Å². The van der Waals surface area contributed by atoms with E-state index in [0.29, 0.717) is 0 Å². The summed E-state index contributed by atoms with van der Waals surface area (Å²) < 4.78 is 0. The first-order valence-electron chi connectivity index (χ1n) is 8.06. The molecule has 1 N–H and O–H groups in total. The Bertz CT molecular complexity index is 448. The van der Waals surface area contributed by atoms with Crippen LogP contribution in [0, 0.1) is 5.92 Å². The standard InChI is InChI=1S/C17H27N3/c1-14(2)13-19-8-10-20(11-9-19)16-6-5-15-4-3-7-18-17(15)12-16/h5-6,12,14,18H,3-4,7-11,13H2,1-2H3. The van der Waals surface area contributed by atoms with Crippen LogP contribution in [0.5, 0.6) is 0 Å². The largest absolute Gasteiger partial charge is 0.385 e. The normalized spacial score (nSPS) is 19.9. The Labute approximate surface area is 123 Å². The molecule has 0 aliphatic carbocycles. The zero-order valence-corrected chi connectivity index (χ0v) is 12.9. The van der Waals surface area contributed by atoms with Gasteiger partial charge in [0.2, 0.25) is 0 Å². The Hall–Kier alpha value is -1.22. The molecule has 0 bridgehead atoms. The lowest BCUT2D eigenvalue weighted by Crippen LogP contribution is -2.47. The number of piperazine rings is 1. The highest BCUT2D eigenvalue weighted by molar-refractivity contribution is 5.63. The summed E-state index contributed by atoms with van der Waals surface area (Å²) in [6, 6.07) is 6.98. The van der Waals surface area contributed by atoms with Gasteiger partial charge < -0.3 is 10.2 Å². The highest BCUT2D eigenvalue weighted by Gasteiger charge is 2.19. The summed E-state index contributed by atoms with van der Waals surface area (Å²) in [4.78, 5) is 5.13. The number of benzene rings is 1. The van der Waals surface area contributed by atoms with E-state index >= 15 is 0 Å². The minimum atomic E-state index is 0.773. The smallest absolute Gasteiger partial charge is 0.0393 e. The van der Waals surface area contributed by atoms with Crippen LogP contribution < -0.4 is 10.2 Å². The number of nitrogens with one attached hydrogen (secondary N) is 1. The summed E-state index contributed by atoms with van der Waals surface area (Å²) in [5, 5.41) is 3.54. The maximum absolute atomic E-state index is 3.54. The van der Waals surface area contributed by atoms with Gasteiger partial charge in [-0.25, -0.2) is 0 Å². The predicted molar refractivity (Wildman–Crippen MR) is 86.7 cm³/mol. The molecule has 1 aromatic rings. The third kappa shape index (κ3) is 3.09. The van der Waals surface area contributed by atoms with Gasteiger partial charge >= 0.3 is 0 Å². The molecule has 2 aliphatic heterocycles. The van der Waals surface area contributed by atoms with E-state index in [9.17, 15) is 0 Å². The second-order valence-electron chi connectivity index (χ2n) is 6.55. The minimum Gasteiger partial charge on any atom is -0.385 e. The summed E-state index contributed by atoms with van der Waals surface area (Å²) in [5.74, 6) is 0.773. The first-order valence-corrected chi connectivity index (χ1v) is 8.06. The van der Waals surface area contributed by atoms with Gasteiger partial charge in [0.25, 0.3) is 0 Å². The van der Waals surface area contributed by atoms with Crippen molar-refractivity contribution < 1.29 is 0 Å². The van der Waals surface area contributed by atoms with Crippen molar-refractivity contribution in [3.63, 3.8) is 0 Å². The molecule has 2 heterocycles. The van der Waals surface area contributed by atoms with E-state index < -0.39 is 0 Å². The van der Waals surface area contributed by atoms with E-state index in [1.165, 1.54) is 49.4 Å². The number of nitrogens with zero attached hydrogens (tertiary/aromatic N) is 2. The van der Waals surface area contributed by atoms with Crippen LogP contribution in [0.15, 0.2) is 18.2 Å². The van der Waals surface area contributed by atoms with Gasteiger partial charge in [-0.1, -0.05) is 19.9 Å². The van der Waals surface area contributed by atoms with Crippen molar-refractivity contribution in [1.29, 1.82) is 0 Å². The molecule has 0 saturated carbocycles. The number of aryl methyl sites for hydroxylation is 1. The second-order valence-corrected chi connectivity index (χ2v) is 6.55. The molecule has 0 aromatic heterocycles. The lowest BCUT2D eigenvalue weighted by molar-refractivity contribution is 0.231. The van der Waals surface area contributed by atoms with Gasteiger partial charge in [-0.05, 0) is 36.5 Å². The van der Waals surface area contributed by atoms with Crippen molar-refractivity contribution in [2.75, 3.05) is 49.5 Å². The van der Waals surface area contributed by atoms with Crippen molar-refractivity contribution in [2.45, 2.75) is 26.7 Å². The minimum absolute atomic E-state index is 0.773. The molecule has 3 nitrogen and oxygen atoms in total. The summed E-state index contributed by atoms with van der Waals surface area (Å²) >= 11 is 0. The first-order chi connectivity index (χ1) is 9.72. The molecule has 2 aliphatic rings. The quantitative estimate of drug-likeness (QED) is 0.913. The third-order valence-corrected chi connectivity index (χ3v) is 4.39. The second kappa shape index (κ2) is 6.04. The first kappa shape index (κ1) is 13.7. The van der Waals surface area contributed by atoms with Crippen LogP contribution >= 0.6 is 0 Å². The zero-order valence-electron chi connectivity index (χ0n) is 12.9. The molecule has 110 valence electrons. The number of hydrogen-bond acceptors (Lipinski definition) is 3.